The Morgan fingerprint density at radius 3 is 1.95 bits per heavy atom. The van der Waals surface area contributed by atoms with Crippen LogP contribution in [0.5, 0.6) is 0 Å². The maximum absolute atomic E-state index is 13.9. The quantitative estimate of drug-likeness (QED) is 0.269. The Bertz CT molecular complexity index is 1210. The molecule has 0 saturated carbocycles. The second-order valence-electron chi connectivity index (χ2n) is 10.8. The van der Waals surface area contributed by atoms with Crippen LogP contribution in [-0.4, -0.2) is 36.6 Å². The summed E-state index contributed by atoms with van der Waals surface area (Å²) in [6.07, 6.45) is 3.33. The molecule has 6 heteroatoms. The molecule has 1 aliphatic heterocycles. The molecule has 4 atom stereocenters. The Kier molecular flexibility index (Phi) is 10.2. The minimum absolute atomic E-state index is 0.0522. The van der Waals surface area contributed by atoms with Crippen LogP contribution in [0.25, 0.3) is 0 Å². The summed E-state index contributed by atoms with van der Waals surface area (Å²) in [5.41, 5.74) is 3.35. The van der Waals surface area contributed by atoms with Gasteiger partial charge in [0, 0.05) is 18.6 Å². The van der Waals surface area contributed by atoms with Gasteiger partial charge in [-0.05, 0) is 68.5 Å². The van der Waals surface area contributed by atoms with E-state index in [1.165, 1.54) is 17.2 Å². The predicted octanol–water partition coefficient (Wildman–Crippen LogP) is 5.92. The van der Waals surface area contributed by atoms with Crippen LogP contribution in [0.15, 0.2) is 78.9 Å². The molecule has 1 fully saturated rings. The fraction of sp³-hybridized carbons (Fsp3) is 0.424. The van der Waals surface area contributed by atoms with Crippen molar-refractivity contribution in [3.63, 3.8) is 0 Å². The highest BCUT2D eigenvalue weighted by molar-refractivity contribution is 5.34. The molecule has 0 radical (unpaired) electrons. The van der Waals surface area contributed by atoms with Crippen molar-refractivity contribution in [3.05, 3.63) is 107 Å². The van der Waals surface area contributed by atoms with Crippen LogP contribution >= 0.6 is 0 Å². The third kappa shape index (κ3) is 8.20. The van der Waals surface area contributed by atoms with Gasteiger partial charge < -0.3 is 20.1 Å². The standard InChI is InChI=1S/C33H40FN3O2/c1-4-5-18-36-29(20-24-12-8-6-9-13-24)31-32(39-33(2,3)38-31)30(21-25-14-10-7-11-15-25)37-23-26-16-17-28(34)27(19-26)22-35/h6-17,19,29-32,36-37H,4-5,18,20-21,23H2,1-3H3/t29-,30-,31+,32+/m0/s1. The van der Waals surface area contributed by atoms with E-state index < -0.39 is 11.6 Å². The van der Waals surface area contributed by atoms with Crippen LogP contribution in [-0.2, 0) is 28.9 Å². The summed E-state index contributed by atoms with van der Waals surface area (Å²) in [4.78, 5) is 0. The van der Waals surface area contributed by atoms with Gasteiger partial charge in [-0.25, -0.2) is 4.39 Å². The smallest absolute Gasteiger partial charge is 0.163 e. The normalized spacial score (nSPS) is 19.9. The minimum atomic E-state index is -0.739. The first kappa shape index (κ1) is 28.9. The molecule has 0 bridgehead atoms. The fourth-order valence-corrected chi connectivity index (χ4v) is 5.27. The predicted molar refractivity (Wildman–Crippen MR) is 153 cm³/mol. The summed E-state index contributed by atoms with van der Waals surface area (Å²) in [6, 6.07) is 27.5. The van der Waals surface area contributed by atoms with E-state index in [9.17, 15) is 9.65 Å². The first-order valence-corrected chi connectivity index (χ1v) is 14.0. The van der Waals surface area contributed by atoms with Crippen molar-refractivity contribution in [2.75, 3.05) is 6.54 Å². The molecule has 0 aromatic heterocycles. The lowest BCUT2D eigenvalue weighted by Gasteiger charge is -2.33. The molecule has 4 rings (SSSR count). The van der Waals surface area contributed by atoms with E-state index in [1.54, 1.807) is 12.1 Å². The first-order chi connectivity index (χ1) is 18.9. The molecular formula is C33H40FN3O2. The monoisotopic (exact) mass is 529 g/mol. The second-order valence-corrected chi connectivity index (χ2v) is 10.8. The maximum atomic E-state index is 13.9. The topological polar surface area (TPSA) is 66.3 Å². The van der Waals surface area contributed by atoms with E-state index >= 15 is 0 Å². The van der Waals surface area contributed by atoms with Crippen LogP contribution in [0.1, 0.15) is 55.9 Å². The Hall–Kier alpha value is -3.08. The summed E-state index contributed by atoms with van der Waals surface area (Å²) in [6.45, 7) is 7.53. The van der Waals surface area contributed by atoms with Gasteiger partial charge in [-0.2, -0.15) is 5.26 Å². The molecule has 3 aromatic rings. The Balaban J connectivity index is 1.62. The molecule has 0 spiro atoms. The van der Waals surface area contributed by atoms with E-state index in [0.717, 1.165) is 37.8 Å². The highest BCUT2D eigenvalue weighted by Gasteiger charge is 2.48. The van der Waals surface area contributed by atoms with Crippen LogP contribution < -0.4 is 10.6 Å². The van der Waals surface area contributed by atoms with Gasteiger partial charge in [0.1, 0.15) is 24.1 Å². The number of nitrogens with one attached hydrogen (secondary N) is 2. The molecule has 1 saturated heterocycles. The molecule has 3 aromatic carbocycles. The molecule has 2 N–H and O–H groups in total. The van der Waals surface area contributed by atoms with Crippen molar-refractivity contribution < 1.29 is 13.9 Å². The van der Waals surface area contributed by atoms with Crippen molar-refractivity contribution in [1.82, 2.24) is 10.6 Å². The highest BCUT2D eigenvalue weighted by atomic mass is 19.1. The molecule has 0 aliphatic carbocycles. The summed E-state index contributed by atoms with van der Waals surface area (Å²) < 4.78 is 27.2. The average molecular weight is 530 g/mol. The lowest BCUT2D eigenvalue weighted by atomic mass is 9.91. The molecule has 0 unspecified atom stereocenters. The summed E-state index contributed by atoms with van der Waals surface area (Å²) >= 11 is 0. The number of halogens is 1. The number of nitriles is 1. The van der Waals surface area contributed by atoms with E-state index in [-0.39, 0.29) is 29.9 Å². The van der Waals surface area contributed by atoms with Crippen molar-refractivity contribution in [1.29, 1.82) is 5.26 Å². The Labute approximate surface area is 232 Å². The van der Waals surface area contributed by atoms with Crippen LogP contribution in [0, 0.1) is 17.1 Å². The van der Waals surface area contributed by atoms with Crippen molar-refractivity contribution in [3.8, 4) is 6.07 Å². The number of hydrogen-bond acceptors (Lipinski definition) is 5. The van der Waals surface area contributed by atoms with E-state index in [0.29, 0.717) is 6.54 Å². The molecule has 0 amide bonds. The third-order valence-electron chi connectivity index (χ3n) is 7.21. The average Bonchev–Trinajstić information content (AvgIpc) is 3.27. The maximum Gasteiger partial charge on any atom is 0.163 e. The number of nitrogens with zero attached hydrogens (tertiary/aromatic N) is 1. The number of unbranched alkanes of at least 4 members (excludes halogenated alkanes) is 1. The second kappa shape index (κ2) is 13.8. The zero-order chi connectivity index (χ0) is 27.7. The molecule has 1 aliphatic rings. The van der Waals surface area contributed by atoms with E-state index in [4.69, 9.17) is 9.47 Å². The zero-order valence-corrected chi connectivity index (χ0v) is 23.2. The van der Waals surface area contributed by atoms with Gasteiger partial charge >= 0.3 is 0 Å². The lowest BCUT2D eigenvalue weighted by molar-refractivity contribution is -0.150. The van der Waals surface area contributed by atoms with Crippen LogP contribution in [0.4, 0.5) is 4.39 Å². The van der Waals surface area contributed by atoms with Gasteiger partial charge in [0.15, 0.2) is 5.79 Å². The Morgan fingerprint density at radius 1 is 0.846 bits per heavy atom. The van der Waals surface area contributed by atoms with Crippen molar-refractivity contribution in [2.45, 2.75) is 83.1 Å². The zero-order valence-electron chi connectivity index (χ0n) is 23.2. The molecule has 39 heavy (non-hydrogen) atoms. The summed E-state index contributed by atoms with van der Waals surface area (Å²) in [7, 11) is 0. The fourth-order valence-electron chi connectivity index (χ4n) is 5.27. The van der Waals surface area contributed by atoms with Gasteiger partial charge in [0.2, 0.25) is 0 Å². The molecule has 5 nitrogen and oxygen atoms in total. The van der Waals surface area contributed by atoms with Gasteiger partial charge in [-0.1, -0.05) is 80.1 Å². The largest absolute Gasteiger partial charge is 0.343 e. The van der Waals surface area contributed by atoms with Crippen LogP contribution in [0.2, 0.25) is 0 Å². The minimum Gasteiger partial charge on any atom is -0.343 e. The van der Waals surface area contributed by atoms with Crippen LogP contribution in [0.3, 0.4) is 0 Å². The van der Waals surface area contributed by atoms with E-state index in [1.807, 2.05) is 44.2 Å². The van der Waals surface area contributed by atoms with Gasteiger partial charge in [0.25, 0.3) is 0 Å². The number of ether oxygens (including phenoxy) is 2. The summed E-state index contributed by atoms with van der Waals surface area (Å²) in [5.74, 6) is -1.24. The van der Waals surface area contributed by atoms with Gasteiger partial charge in [-0.3, -0.25) is 0 Å². The first-order valence-electron chi connectivity index (χ1n) is 14.0. The molecular weight excluding hydrogens is 489 g/mol. The lowest BCUT2D eigenvalue weighted by Crippen LogP contribution is -2.54. The number of rotatable bonds is 13. The Morgan fingerprint density at radius 2 is 1.41 bits per heavy atom. The number of benzene rings is 3. The number of hydrogen-bond donors (Lipinski definition) is 2. The van der Waals surface area contributed by atoms with Gasteiger partial charge in [-0.15, -0.1) is 0 Å². The van der Waals surface area contributed by atoms with E-state index in [2.05, 4.69) is 54.0 Å². The third-order valence-corrected chi connectivity index (χ3v) is 7.21. The van der Waals surface area contributed by atoms with Crippen molar-refractivity contribution in [2.24, 2.45) is 0 Å². The van der Waals surface area contributed by atoms with Gasteiger partial charge in [0.05, 0.1) is 5.56 Å². The SMILES string of the molecule is CCCCN[C@@H](Cc1ccccc1)[C@H]1OC(C)(C)O[C@@H]1[C@H](Cc1ccccc1)NCc1ccc(F)c(C#N)c1. The molecule has 1 heterocycles. The molecule has 206 valence electrons. The summed E-state index contributed by atoms with van der Waals surface area (Å²) in [5, 5.41) is 16.8. The van der Waals surface area contributed by atoms with Crippen molar-refractivity contribution >= 4 is 0 Å². The highest BCUT2D eigenvalue weighted by Crippen LogP contribution is 2.34.